The number of nitrogens with one attached hydrogen (secondary N) is 2. The molecule has 7 heteroatoms. The standard InChI is InChI=1S/C25H25N3O4/c1-19(21-8-4-2-5-9-21)27-24(29)17-31-23-14-12-20(13-15-23)16-26-28-25(30)18-32-22-10-6-3-7-11-22/h2-16,19H,17-18H2,1H3,(H,27,29)(H,28,30)/b26-16-/t19-/m0/s1. The van der Waals surface area contributed by atoms with Crippen LogP contribution in [0.15, 0.2) is 90.0 Å². The third-order valence-corrected chi connectivity index (χ3v) is 4.44. The van der Waals surface area contributed by atoms with Crippen molar-refractivity contribution in [3.63, 3.8) is 0 Å². The molecule has 0 saturated carbocycles. The Morgan fingerprint density at radius 2 is 1.38 bits per heavy atom. The topological polar surface area (TPSA) is 89.0 Å². The molecule has 0 aliphatic heterocycles. The summed E-state index contributed by atoms with van der Waals surface area (Å²) in [6.07, 6.45) is 1.51. The SMILES string of the molecule is C[C@H](NC(=O)COc1ccc(/C=N\NC(=O)COc2ccccc2)cc1)c1ccccc1. The van der Waals surface area contributed by atoms with Gasteiger partial charge in [0, 0.05) is 0 Å². The minimum absolute atomic E-state index is 0.0813. The summed E-state index contributed by atoms with van der Waals surface area (Å²) >= 11 is 0. The minimum Gasteiger partial charge on any atom is -0.484 e. The van der Waals surface area contributed by atoms with Gasteiger partial charge in [0.15, 0.2) is 13.2 Å². The van der Waals surface area contributed by atoms with Crippen LogP contribution in [0.5, 0.6) is 11.5 Å². The first kappa shape index (κ1) is 22.6. The van der Waals surface area contributed by atoms with Crippen LogP contribution < -0.4 is 20.2 Å². The highest BCUT2D eigenvalue weighted by Gasteiger charge is 2.09. The first-order chi connectivity index (χ1) is 15.6. The summed E-state index contributed by atoms with van der Waals surface area (Å²) < 4.78 is 10.9. The van der Waals surface area contributed by atoms with Crippen molar-refractivity contribution in [1.82, 2.24) is 10.7 Å². The van der Waals surface area contributed by atoms with E-state index in [4.69, 9.17) is 9.47 Å². The van der Waals surface area contributed by atoms with Crippen molar-refractivity contribution in [3.05, 3.63) is 96.1 Å². The van der Waals surface area contributed by atoms with Crippen LogP contribution in [0.4, 0.5) is 0 Å². The third-order valence-electron chi connectivity index (χ3n) is 4.44. The smallest absolute Gasteiger partial charge is 0.277 e. The van der Waals surface area contributed by atoms with E-state index >= 15 is 0 Å². The molecule has 164 valence electrons. The normalized spacial score (nSPS) is 11.5. The Morgan fingerprint density at radius 1 is 0.812 bits per heavy atom. The van der Waals surface area contributed by atoms with Crippen LogP contribution in [0.1, 0.15) is 24.1 Å². The predicted molar refractivity (Wildman–Crippen MR) is 123 cm³/mol. The Labute approximate surface area is 187 Å². The highest BCUT2D eigenvalue weighted by atomic mass is 16.5. The Kier molecular flexibility index (Phi) is 8.39. The zero-order valence-electron chi connectivity index (χ0n) is 17.7. The van der Waals surface area contributed by atoms with Crippen molar-refractivity contribution >= 4 is 18.0 Å². The number of hydrazone groups is 1. The lowest BCUT2D eigenvalue weighted by Crippen LogP contribution is -2.31. The molecule has 0 radical (unpaired) electrons. The second-order valence-electron chi connectivity index (χ2n) is 6.95. The van der Waals surface area contributed by atoms with E-state index in [-0.39, 0.29) is 31.1 Å². The number of amides is 2. The van der Waals surface area contributed by atoms with Crippen LogP contribution in [0, 0.1) is 0 Å². The summed E-state index contributed by atoms with van der Waals surface area (Å²) in [5.74, 6) is 0.614. The molecule has 0 fully saturated rings. The lowest BCUT2D eigenvalue weighted by molar-refractivity contribution is -0.124. The first-order valence-electron chi connectivity index (χ1n) is 10.2. The maximum absolute atomic E-state index is 12.1. The fourth-order valence-electron chi connectivity index (χ4n) is 2.78. The molecule has 0 spiro atoms. The van der Waals surface area contributed by atoms with E-state index in [1.165, 1.54) is 6.21 Å². The van der Waals surface area contributed by atoms with Crippen LogP contribution in [0.2, 0.25) is 0 Å². The van der Waals surface area contributed by atoms with Crippen LogP contribution in [0.25, 0.3) is 0 Å². The Hall–Kier alpha value is -4.13. The number of carbonyl (C=O) groups excluding carboxylic acids is 2. The van der Waals surface area contributed by atoms with Gasteiger partial charge < -0.3 is 14.8 Å². The van der Waals surface area contributed by atoms with E-state index < -0.39 is 0 Å². The molecule has 2 amide bonds. The van der Waals surface area contributed by atoms with Gasteiger partial charge in [0.2, 0.25) is 0 Å². The number of para-hydroxylation sites is 1. The number of hydrogen-bond acceptors (Lipinski definition) is 5. The molecular formula is C25H25N3O4. The Morgan fingerprint density at radius 3 is 2.03 bits per heavy atom. The lowest BCUT2D eigenvalue weighted by Gasteiger charge is -2.14. The second kappa shape index (κ2) is 11.9. The molecule has 0 aromatic heterocycles. The number of ether oxygens (including phenoxy) is 2. The van der Waals surface area contributed by atoms with E-state index in [0.717, 1.165) is 11.1 Å². The summed E-state index contributed by atoms with van der Waals surface area (Å²) in [6, 6.07) is 25.7. The number of benzene rings is 3. The molecule has 3 rings (SSSR count). The van der Waals surface area contributed by atoms with E-state index in [2.05, 4.69) is 15.8 Å². The van der Waals surface area contributed by atoms with Gasteiger partial charge in [-0.1, -0.05) is 48.5 Å². The largest absolute Gasteiger partial charge is 0.484 e. The van der Waals surface area contributed by atoms with Gasteiger partial charge in [0.05, 0.1) is 12.3 Å². The van der Waals surface area contributed by atoms with Crippen molar-refractivity contribution in [2.24, 2.45) is 5.10 Å². The predicted octanol–water partition coefficient (Wildman–Crippen LogP) is 3.47. The monoisotopic (exact) mass is 431 g/mol. The van der Waals surface area contributed by atoms with Crippen LogP contribution >= 0.6 is 0 Å². The number of rotatable bonds is 10. The minimum atomic E-state index is -0.360. The molecule has 0 aliphatic carbocycles. The van der Waals surface area contributed by atoms with E-state index in [1.807, 2.05) is 55.5 Å². The number of carbonyl (C=O) groups is 2. The molecule has 0 heterocycles. The van der Waals surface area contributed by atoms with Gasteiger partial charge in [0.25, 0.3) is 11.8 Å². The van der Waals surface area contributed by atoms with Crippen molar-refractivity contribution in [2.75, 3.05) is 13.2 Å². The van der Waals surface area contributed by atoms with Gasteiger partial charge in [-0.05, 0) is 54.4 Å². The van der Waals surface area contributed by atoms with Crippen molar-refractivity contribution in [2.45, 2.75) is 13.0 Å². The molecule has 0 bridgehead atoms. The molecule has 0 saturated heterocycles. The summed E-state index contributed by atoms with van der Waals surface area (Å²) in [7, 11) is 0. The number of nitrogens with zero attached hydrogens (tertiary/aromatic N) is 1. The average Bonchev–Trinajstić information content (AvgIpc) is 2.83. The molecule has 2 N–H and O–H groups in total. The summed E-state index contributed by atoms with van der Waals surface area (Å²) in [5, 5.41) is 6.81. The second-order valence-corrected chi connectivity index (χ2v) is 6.95. The maximum Gasteiger partial charge on any atom is 0.277 e. The van der Waals surface area contributed by atoms with E-state index in [9.17, 15) is 9.59 Å². The van der Waals surface area contributed by atoms with Crippen LogP contribution in [-0.2, 0) is 9.59 Å². The quantitative estimate of drug-likeness (QED) is 0.380. The molecule has 7 nitrogen and oxygen atoms in total. The van der Waals surface area contributed by atoms with Gasteiger partial charge in [-0.3, -0.25) is 9.59 Å². The van der Waals surface area contributed by atoms with Crippen molar-refractivity contribution in [3.8, 4) is 11.5 Å². The molecule has 3 aromatic carbocycles. The van der Waals surface area contributed by atoms with Gasteiger partial charge in [-0.25, -0.2) is 5.43 Å². The van der Waals surface area contributed by atoms with E-state index in [1.54, 1.807) is 36.4 Å². The first-order valence-corrected chi connectivity index (χ1v) is 10.2. The Balaban J connectivity index is 1.37. The molecule has 1 atom stereocenters. The third kappa shape index (κ3) is 7.60. The molecule has 0 unspecified atom stereocenters. The summed E-state index contributed by atoms with van der Waals surface area (Å²) in [6.45, 7) is 1.72. The lowest BCUT2D eigenvalue weighted by atomic mass is 10.1. The van der Waals surface area contributed by atoms with Gasteiger partial charge in [-0.2, -0.15) is 5.10 Å². The Bertz CT molecular complexity index is 1020. The molecule has 3 aromatic rings. The highest BCUT2D eigenvalue weighted by molar-refractivity contribution is 5.83. The zero-order chi connectivity index (χ0) is 22.6. The van der Waals surface area contributed by atoms with Gasteiger partial charge in [0.1, 0.15) is 11.5 Å². The maximum atomic E-state index is 12.1. The highest BCUT2D eigenvalue weighted by Crippen LogP contribution is 2.13. The van der Waals surface area contributed by atoms with Crippen LogP contribution in [-0.4, -0.2) is 31.2 Å². The molecular weight excluding hydrogens is 406 g/mol. The van der Waals surface area contributed by atoms with Gasteiger partial charge >= 0.3 is 0 Å². The molecule has 32 heavy (non-hydrogen) atoms. The fraction of sp³-hybridized carbons (Fsp3) is 0.160. The fourth-order valence-corrected chi connectivity index (χ4v) is 2.78. The number of hydrogen-bond donors (Lipinski definition) is 2. The van der Waals surface area contributed by atoms with Gasteiger partial charge in [-0.15, -0.1) is 0 Å². The van der Waals surface area contributed by atoms with Crippen molar-refractivity contribution in [1.29, 1.82) is 0 Å². The van der Waals surface area contributed by atoms with Crippen LogP contribution in [0.3, 0.4) is 0 Å². The zero-order valence-corrected chi connectivity index (χ0v) is 17.7. The molecule has 0 aliphatic rings. The average molecular weight is 431 g/mol. The van der Waals surface area contributed by atoms with E-state index in [0.29, 0.717) is 11.5 Å². The summed E-state index contributed by atoms with van der Waals surface area (Å²) in [4.78, 5) is 23.9. The van der Waals surface area contributed by atoms with Crippen molar-refractivity contribution < 1.29 is 19.1 Å². The summed E-state index contributed by atoms with van der Waals surface area (Å²) in [5.41, 5.74) is 4.21.